The van der Waals surface area contributed by atoms with Crippen LogP contribution in [0.3, 0.4) is 0 Å². The maximum atomic E-state index is 12.9. The number of aromatic nitrogens is 3. The van der Waals surface area contributed by atoms with Gasteiger partial charge in [0.2, 0.25) is 0 Å². The summed E-state index contributed by atoms with van der Waals surface area (Å²) in [4.78, 5) is 6.85. The number of benzene rings is 2. The van der Waals surface area contributed by atoms with Gasteiger partial charge in [0.1, 0.15) is 11.5 Å². The zero-order chi connectivity index (χ0) is 19.7. The Morgan fingerprint density at radius 1 is 1.11 bits per heavy atom. The summed E-state index contributed by atoms with van der Waals surface area (Å²) >= 11 is 0. The van der Waals surface area contributed by atoms with E-state index in [0.29, 0.717) is 18.0 Å². The second-order valence-electron chi connectivity index (χ2n) is 6.28. The number of ether oxygens (including phenoxy) is 1. The molecule has 1 aromatic heterocycles. The molecule has 0 bridgehead atoms. The predicted octanol–water partition coefficient (Wildman–Crippen LogP) is 4.72. The number of halogens is 3. The highest BCUT2D eigenvalue weighted by Crippen LogP contribution is 2.35. The van der Waals surface area contributed by atoms with Gasteiger partial charge in [-0.25, -0.2) is 0 Å². The van der Waals surface area contributed by atoms with Gasteiger partial charge in [-0.1, -0.05) is 23.4 Å². The first-order valence-electron chi connectivity index (χ1n) is 8.45. The second-order valence-corrected chi connectivity index (χ2v) is 6.28. The molecule has 3 aromatic rings. The van der Waals surface area contributed by atoms with Crippen LogP contribution in [-0.4, -0.2) is 20.8 Å². The lowest BCUT2D eigenvalue weighted by Crippen LogP contribution is -2.13. The van der Waals surface area contributed by atoms with Crippen molar-refractivity contribution in [1.29, 1.82) is 0 Å². The van der Waals surface area contributed by atoms with E-state index in [2.05, 4.69) is 15.4 Å². The molecular weight excluding hydrogens is 373 g/mol. The molecule has 0 fully saturated rings. The average Bonchev–Trinajstić information content (AvgIpc) is 3.34. The van der Waals surface area contributed by atoms with Gasteiger partial charge in [-0.05, 0) is 42.3 Å². The first-order chi connectivity index (χ1) is 13.4. The molecule has 0 N–H and O–H groups in total. The van der Waals surface area contributed by atoms with Crippen LogP contribution in [0, 0.1) is 6.92 Å². The molecule has 9 heteroatoms. The highest BCUT2D eigenvalue weighted by atomic mass is 19.4. The normalized spacial score (nSPS) is 16.6. The lowest BCUT2D eigenvalue weighted by atomic mass is 10.0. The molecular formula is C19H15F3N4O2. The largest absolute Gasteiger partial charge is 0.457 e. The molecule has 0 spiro atoms. The molecule has 0 saturated carbocycles. The fraction of sp³-hybridized carbons (Fsp3) is 0.211. The lowest BCUT2D eigenvalue weighted by molar-refractivity contribution is -0.137. The first-order valence-corrected chi connectivity index (χ1v) is 8.45. The van der Waals surface area contributed by atoms with Crippen molar-refractivity contribution in [3.63, 3.8) is 0 Å². The lowest BCUT2D eigenvalue weighted by Gasteiger charge is -2.14. The van der Waals surface area contributed by atoms with Crippen molar-refractivity contribution < 1.29 is 22.7 Å². The molecule has 0 amide bonds. The molecule has 0 saturated heterocycles. The van der Waals surface area contributed by atoms with Crippen molar-refractivity contribution in [2.75, 3.05) is 0 Å². The van der Waals surface area contributed by atoms with Gasteiger partial charge in [-0.2, -0.15) is 23.4 Å². The number of hydrogen-bond acceptors (Lipinski definition) is 5. The van der Waals surface area contributed by atoms with Crippen LogP contribution in [-0.2, 0) is 11.0 Å². The topological polar surface area (TPSA) is 61.5 Å². The number of hydrogen-bond donors (Lipinski definition) is 0. The Morgan fingerprint density at radius 3 is 2.64 bits per heavy atom. The maximum Gasteiger partial charge on any atom is 0.416 e. The van der Waals surface area contributed by atoms with Crippen LogP contribution >= 0.6 is 0 Å². The Labute approximate surface area is 158 Å². The monoisotopic (exact) mass is 388 g/mol. The Morgan fingerprint density at radius 2 is 1.89 bits per heavy atom. The quantitative estimate of drug-likeness (QED) is 0.651. The molecule has 1 atom stereocenters. The summed E-state index contributed by atoms with van der Waals surface area (Å²) in [6.45, 7) is 1.82. The summed E-state index contributed by atoms with van der Waals surface area (Å²) in [5.74, 6) is 1.13. The highest BCUT2D eigenvalue weighted by Gasteiger charge is 2.31. The van der Waals surface area contributed by atoms with Crippen LogP contribution in [0.15, 0.2) is 60.0 Å². The number of alkyl halides is 3. The van der Waals surface area contributed by atoms with Crippen LogP contribution in [0.4, 0.5) is 13.2 Å². The van der Waals surface area contributed by atoms with Crippen molar-refractivity contribution in [2.24, 2.45) is 5.16 Å². The maximum absolute atomic E-state index is 12.9. The van der Waals surface area contributed by atoms with Crippen LogP contribution < -0.4 is 4.74 Å². The van der Waals surface area contributed by atoms with Crippen molar-refractivity contribution in [2.45, 2.75) is 25.6 Å². The summed E-state index contributed by atoms with van der Waals surface area (Å²) in [6, 6.07) is 10.2. The molecule has 6 nitrogen and oxygen atoms in total. The Bertz CT molecular complexity index is 1020. The number of rotatable bonds is 3. The Hall–Kier alpha value is -3.36. The Kier molecular flexibility index (Phi) is 4.50. The van der Waals surface area contributed by atoms with Crippen LogP contribution in [0.25, 0.3) is 0 Å². The van der Waals surface area contributed by atoms with Crippen molar-refractivity contribution >= 4 is 5.84 Å². The number of aryl methyl sites for hydroxylation is 1. The molecule has 0 unspecified atom stereocenters. The van der Waals surface area contributed by atoms with Gasteiger partial charge in [0.15, 0.2) is 11.9 Å². The van der Waals surface area contributed by atoms with E-state index in [1.54, 1.807) is 18.5 Å². The molecule has 28 heavy (non-hydrogen) atoms. The summed E-state index contributed by atoms with van der Waals surface area (Å²) in [5.41, 5.74) is 0.815. The van der Waals surface area contributed by atoms with Gasteiger partial charge in [0, 0.05) is 0 Å². The molecule has 0 radical (unpaired) electrons. The van der Waals surface area contributed by atoms with E-state index < -0.39 is 11.7 Å². The minimum Gasteiger partial charge on any atom is -0.457 e. The number of oxime groups is 1. The molecule has 4 rings (SSSR count). The third kappa shape index (κ3) is 3.68. The summed E-state index contributed by atoms with van der Waals surface area (Å²) in [5, 5.41) is 12.0. The van der Waals surface area contributed by atoms with E-state index >= 15 is 0 Å². The summed E-state index contributed by atoms with van der Waals surface area (Å²) < 4.78 is 44.5. The SMILES string of the molecule is Cc1ccc([C@H]2CC(n3nccn3)=NO2)cc1Oc1cccc(C(F)(F)F)c1. The molecule has 1 aliphatic heterocycles. The van der Waals surface area contributed by atoms with Gasteiger partial charge >= 0.3 is 6.18 Å². The van der Waals surface area contributed by atoms with E-state index in [9.17, 15) is 13.2 Å². The Balaban J connectivity index is 1.54. The van der Waals surface area contributed by atoms with E-state index in [1.807, 2.05) is 19.1 Å². The first kappa shape index (κ1) is 18.0. The van der Waals surface area contributed by atoms with Crippen molar-refractivity contribution in [3.8, 4) is 11.5 Å². The minimum absolute atomic E-state index is 0.111. The van der Waals surface area contributed by atoms with Crippen LogP contribution in [0.5, 0.6) is 11.5 Å². The smallest absolute Gasteiger partial charge is 0.416 e. The fourth-order valence-corrected chi connectivity index (χ4v) is 2.80. The van der Waals surface area contributed by atoms with Gasteiger partial charge in [0.25, 0.3) is 0 Å². The zero-order valence-corrected chi connectivity index (χ0v) is 14.7. The standard InChI is InChI=1S/C19H15F3N4O2/c1-12-5-6-13(17-11-18(25-28-17)26-23-7-8-24-26)9-16(12)27-15-4-2-3-14(10-15)19(20,21)22/h2-10,17H,11H2,1H3/t17-/m1/s1. The second kappa shape index (κ2) is 6.99. The van der Waals surface area contributed by atoms with Crippen molar-refractivity contribution in [1.82, 2.24) is 15.0 Å². The molecule has 2 aromatic carbocycles. The molecule has 1 aliphatic rings. The highest BCUT2D eigenvalue weighted by molar-refractivity contribution is 5.83. The van der Waals surface area contributed by atoms with E-state index in [1.165, 1.54) is 16.9 Å². The van der Waals surface area contributed by atoms with E-state index in [-0.39, 0.29) is 11.9 Å². The van der Waals surface area contributed by atoms with Gasteiger partial charge in [0.05, 0.1) is 24.4 Å². The third-order valence-electron chi connectivity index (χ3n) is 4.28. The molecule has 144 valence electrons. The third-order valence-corrected chi connectivity index (χ3v) is 4.28. The summed E-state index contributed by atoms with van der Waals surface area (Å²) in [7, 11) is 0. The van der Waals surface area contributed by atoms with Gasteiger partial charge in [-0.3, -0.25) is 0 Å². The van der Waals surface area contributed by atoms with Crippen molar-refractivity contribution in [3.05, 3.63) is 71.5 Å². The zero-order valence-electron chi connectivity index (χ0n) is 14.7. The average molecular weight is 388 g/mol. The van der Waals surface area contributed by atoms with E-state index in [4.69, 9.17) is 9.57 Å². The van der Waals surface area contributed by atoms with E-state index in [0.717, 1.165) is 23.3 Å². The van der Waals surface area contributed by atoms with Crippen LogP contribution in [0.2, 0.25) is 0 Å². The fourth-order valence-electron chi connectivity index (χ4n) is 2.80. The minimum atomic E-state index is -4.43. The summed E-state index contributed by atoms with van der Waals surface area (Å²) in [6.07, 6.45) is -1.24. The van der Waals surface area contributed by atoms with Crippen LogP contribution in [0.1, 0.15) is 29.2 Å². The predicted molar refractivity (Wildman–Crippen MR) is 94.0 cm³/mol. The molecule has 2 heterocycles. The number of nitrogens with zero attached hydrogens (tertiary/aromatic N) is 4. The molecule has 0 aliphatic carbocycles. The van der Waals surface area contributed by atoms with Gasteiger partial charge in [-0.15, -0.1) is 4.80 Å². The van der Waals surface area contributed by atoms with Gasteiger partial charge < -0.3 is 9.57 Å².